The highest BCUT2D eigenvalue weighted by molar-refractivity contribution is 4.93. The zero-order valence-electron chi connectivity index (χ0n) is 11.6. The summed E-state index contributed by atoms with van der Waals surface area (Å²) >= 11 is 0. The minimum atomic E-state index is -0.364. The molecule has 1 N–H and O–H groups in total. The van der Waals surface area contributed by atoms with Gasteiger partial charge in [0.2, 0.25) is 0 Å². The largest absolute Gasteiger partial charge is 0.390 e. The molecule has 0 heterocycles. The average molecular weight is 238 g/mol. The second kappa shape index (κ2) is 8.74. The predicted molar refractivity (Wildman–Crippen MR) is 75.2 cm³/mol. The SMILES string of the molecule is CCCCCCC/C=C/CC1(O)CCCCC1. The molecule has 1 saturated carbocycles. The molecular weight excluding hydrogens is 208 g/mol. The summed E-state index contributed by atoms with van der Waals surface area (Å²) in [7, 11) is 0. The van der Waals surface area contributed by atoms with E-state index < -0.39 is 0 Å². The van der Waals surface area contributed by atoms with Crippen LogP contribution in [0.25, 0.3) is 0 Å². The molecule has 0 radical (unpaired) electrons. The number of aliphatic hydroxyl groups is 1. The molecule has 0 aromatic carbocycles. The van der Waals surface area contributed by atoms with Crippen molar-refractivity contribution < 1.29 is 5.11 Å². The van der Waals surface area contributed by atoms with Crippen LogP contribution in [0.3, 0.4) is 0 Å². The van der Waals surface area contributed by atoms with Gasteiger partial charge in [-0.3, -0.25) is 0 Å². The van der Waals surface area contributed by atoms with Gasteiger partial charge in [0, 0.05) is 0 Å². The molecule has 17 heavy (non-hydrogen) atoms. The van der Waals surface area contributed by atoms with Crippen molar-refractivity contribution in [3.63, 3.8) is 0 Å². The van der Waals surface area contributed by atoms with Crippen LogP contribution in [-0.4, -0.2) is 10.7 Å². The van der Waals surface area contributed by atoms with Crippen LogP contribution in [0.1, 0.15) is 84.0 Å². The summed E-state index contributed by atoms with van der Waals surface area (Å²) in [5.74, 6) is 0. The number of unbranched alkanes of at least 4 members (excludes halogenated alkanes) is 5. The number of hydrogen-bond donors (Lipinski definition) is 1. The van der Waals surface area contributed by atoms with Crippen molar-refractivity contribution in [3.8, 4) is 0 Å². The van der Waals surface area contributed by atoms with E-state index in [1.165, 1.54) is 57.8 Å². The first-order valence-electron chi connectivity index (χ1n) is 7.64. The van der Waals surface area contributed by atoms with Crippen LogP contribution in [0.4, 0.5) is 0 Å². The van der Waals surface area contributed by atoms with Crippen molar-refractivity contribution >= 4 is 0 Å². The van der Waals surface area contributed by atoms with Crippen LogP contribution in [0.5, 0.6) is 0 Å². The van der Waals surface area contributed by atoms with E-state index in [2.05, 4.69) is 19.1 Å². The standard InChI is InChI=1S/C16H30O/c1-2-3-4-5-6-7-8-10-13-16(17)14-11-9-12-15-16/h8,10,17H,2-7,9,11-15H2,1H3/b10-8+. The van der Waals surface area contributed by atoms with E-state index >= 15 is 0 Å². The summed E-state index contributed by atoms with van der Waals surface area (Å²) in [6.45, 7) is 2.25. The Hall–Kier alpha value is -0.300. The van der Waals surface area contributed by atoms with Gasteiger partial charge in [-0.05, 0) is 32.1 Å². The molecule has 0 aromatic rings. The lowest BCUT2D eigenvalue weighted by Crippen LogP contribution is -2.30. The van der Waals surface area contributed by atoms with Gasteiger partial charge >= 0.3 is 0 Å². The Morgan fingerprint density at radius 3 is 2.35 bits per heavy atom. The highest BCUT2D eigenvalue weighted by atomic mass is 16.3. The summed E-state index contributed by atoms with van der Waals surface area (Å²) in [6.07, 6.45) is 19.1. The highest BCUT2D eigenvalue weighted by Gasteiger charge is 2.27. The molecule has 0 unspecified atom stereocenters. The fraction of sp³-hybridized carbons (Fsp3) is 0.875. The zero-order chi connectivity index (χ0) is 12.4. The third-order valence-electron chi connectivity index (χ3n) is 3.92. The van der Waals surface area contributed by atoms with Crippen molar-refractivity contribution in [1.82, 2.24) is 0 Å². The molecule has 0 atom stereocenters. The summed E-state index contributed by atoms with van der Waals surface area (Å²) < 4.78 is 0. The first-order chi connectivity index (χ1) is 8.27. The second-order valence-corrected chi connectivity index (χ2v) is 5.66. The van der Waals surface area contributed by atoms with Crippen LogP contribution in [-0.2, 0) is 0 Å². The first-order valence-corrected chi connectivity index (χ1v) is 7.64. The maximum Gasteiger partial charge on any atom is 0.0682 e. The van der Waals surface area contributed by atoms with Crippen molar-refractivity contribution in [2.45, 2.75) is 89.6 Å². The minimum Gasteiger partial charge on any atom is -0.390 e. The van der Waals surface area contributed by atoms with E-state index in [1.807, 2.05) is 0 Å². The lowest BCUT2D eigenvalue weighted by molar-refractivity contribution is 0.00690. The summed E-state index contributed by atoms with van der Waals surface area (Å²) in [4.78, 5) is 0. The Morgan fingerprint density at radius 1 is 0.941 bits per heavy atom. The molecule has 1 aliphatic rings. The van der Waals surface area contributed by atoms with Crippen molar-refractivity contribution in [1.29, 1.82) is 0 Å². The van der Waals surface area contributed by atoms with Crippen molar-refractivity contribution in [2.24, 2.45) is 0 Å². The Balaban J connectivity index is 2.01. The summed E-state index contributed by atoms with van der Waals surface area (Å²) in [5.41, 5.74) is -0.364. The van der Waals surface area contributed by atoms with Crippen molar-refractivity contribution in [3.05, 3.63) is 12.2 Å². The van der Waals surface area contributed by atoms with Gasteiger partial charge in [-0.15, -0.1) is 0 Å². The normalized spacial score (nSPS) is 19.9. The molecule has 0 saturated heterocycles. The van der Waals surface area contributed by atoms with Crippen LogP contribution in [0, 0.1) is 0 Å². The van der Waals surface area contributed by atoms with Gasteiger partial charge in [0.05, 0.1) is 5.60 Å². The van der Waals surface area contributed by atoms with E-state index in [0.29, 0.717) is 0 Å². The molecule has 0 amide bonds. The fourth-order valence-electron chi connectivity index (χ4n) is 2.70. The van der Waals surface area contributed by atoms with E-state index in [-0.39, 0.29) is 5.60 Å². The molecule has 1 fully saturated rings. The Bertz CT molecular complexity index is 202. The smallest absolute Gasteiger partial charge is 0.0682 e. The molecule has 100 valence electrons. The zero-order valence-corrected chi connectivity index (χ0v) is 11.6. The molecule has 0 bridgehead atoms. The first kappa shape index (κ1) is 14.8. The molecule has 0 aliphatic heterocycles. The lowest BCUT2D eigenvalue weighted by Gasteiger charge is -2.30. The second-order valence-electron chi connectivity index (χ2n) is 5.66. The maximum atomic E-state index is 10.3. The molecule has 1 heteroatoms. The quantitative estimate of drug-likeness (QED) is 0.466. The molecule has 1 nitrogen and oxygen atoms in total. The third-order valence-corrected chi connectivity index (χ3v) is 3.92. The van der Waals surface area contributed by atoms with E-state index in [9.17, 15) is 5.11 Å². The van der Waals surface area contributed by atoms with Crippen LogP contribution >= 0.6 is 0 Å². The van der Waals surface area contributed by atoms with Gasteiger partial charge in [0.1, 0.15) is 0 Å². The monoisotopic (exact) mass is 238 g/mol. The highest BCUT2D eigenvalue weighted by Crippen LogP contribution is 2.31. The van der Waals surface area contributed by atoms with E-state index in [0.717, 1.165) is 19.3 Å². The van der Waals surface area contributed by atoms with Crippen molar-refractivity contribution in [2.75, 3.05) is 0 Å². The third kappa shape index (κ3) is 6.88. The van der Waals surface area contributed by atoms with Crippen LogP contribution < -0.4 is 0 Å². The lowest BCUT2D eigenvalue weighted by atomic mass is 9.82. The average Bonchev–Trinajstić information content (AvgIpc) is 2.33. The van der Waals surface area contributed by atoms with Gasteiger partial charge in [-0.1, -0.05) is 64.0 Å². The van der Waals surface area contributed by atoms with Gasteiger partial charge in [-0.25, -0.2) is 0 Å². The summed E-state index contributed by atoms with van der Waals surface area (Å²) in [5, 5.41) is 10.3. The topological polar surface area (TPSA) is 20.2 Å². The van der Waals surface area contributed by atoms with Gasteiger partial charge in [0.25, 0.3) is 0 Å². The van der Waals surface area contributed by atoms with Crippen LogP contribution in [0.15, 0.2) is 12.2 Å². The van der Waals surface area contributed by atoms with Gasteiger partial charge < -0.3 is 5.11 Å². The number of hydrogen-bond acceptors (Lipinski definition) is 1. The summed E-state index contributed by atoms with van der Waals surface area (Å²) in [6, 6.07) is 0. The fourth-order valence-corrected chi connectivity index (χ4v) is 2.70. The molecule has 1 rings (SSSR count). The Morgan fingerprint density at radius 2 is 1.65 bits per heavy atom. The molecule has 0 aromatic heterocycles. The molecule has 0 spiro atoms. The number of allylic oxidation sites excluding steroid dienone is 1. The number of rotatable bonds is 8. The Labute approximate surface area is 107 Å². The predicted octanol–water partition coefficient (Wildman–Crippen LogP) is 4.99. The van der Waals surface area contributed by atoms with Gasteiger partial charge in [-0.2, -0.15) is 0 Å². The Kier molecular flexibility index (Phi) is 7.59. The minimum absolute atomic E-state index is 0.364. The van der Waals surface area contributed by atoms with E-state index in [4.69, 9.17) is 0 Å². The molecule has 1 aliphatic carbocycles. The molecular formula is C16H30O. The van der Waals surface area contributed by atoms with Crippen LogP contribution in [0.2, 0.25) is 0 Å². The maximum absolute atomic E-state index is 10.3. The van der Waals surface area contributed by atoms with E-state index in [1.54, 1.807) is 0 Å². The van der Waals surface area contributed by atoms with Gasteiger partial charge in [0.15, 0.2) is 0 Å².